The molecular formula is C26H20N10O2. The molecule has 2 heterocycles. The van der Waals surface area contributed by atoms with E-state index in [4.69, 9.17) is 0 Å². The average Bonchev–Trinajstić information content (AvgIpc) is 2.91. The molecule has 0 saturated heterocycles. The minimum absolute atomic E-state index is 0.258. The van der Waals surface area contributed by atoms with Gasteiger partial charge in [0.05, 0.1) is 12.1 Å². The quantitative estimate of drug-likeness (QED) is 0.553. The summed E-state index contributed by atoms with van der Waals surface area (Å²) in [5.74, 6) is 0.564. The Morgan fingerprint density at radius 2 is 1.66 bits per heavy atom. The summed E-state index contributed by atoms with van der Waals surface area (Å²) in [5, 5.41) is 37.0. The molecule has 38 heavy (non-hydrogen) atoms. The van der Waals surface area contributed by atoms with Crippen molar-refractivity contribution >= 4 is 17.4 Å². The van der Waals surface area contributed by atoms with Crippen LogP contribution in [0.15, 0.2) is 86.4 Å². The number of nitrogens with zero attached hydrogens (tertiary/aromatic N) is 10. The number of carbonyl (C=O) groups excluding carboxylic acids is 1. The van der Waals surface area contributed by atoms with Crippen LogP contribution < -0.4 is 10.4 Å². The number of aromatic nitrogens is 4. The van der Waals surface area contributed by atoms with Crippen LogP contribution in [0.1, 0.15) is 5.82 Å². The largest absolute Gasteiger partial charge is 0.539 e. The second-order valence-electron chi connectivity index (χ2n) is 9.37. The molecule has 2 unspecified atom stereocenters. The predicted octanol–water partition coefficient (Wildman–Crippen LogP) is 1.25. The fraction of sp³-hybridized carbons (Fsp3) is 0.231. The molecule has 12 nitrogen and oxygen atoms in total. The number of hydrogen-bond donors (Lipinski definition) is 0. The van der Waals surface area contributed by atoms with Crippen molar-refractivity contribution in [2.75, 3.05) is 14.1 Å². The Balaban J connectivity index is 1.60. The van der Waals surface area contributed by atoms with E-state index in [0.29, 0.717) is 39.3 Å². The lowest BCUT2D eigenvalue weighted by molar-refractivity contribution is -0.750. The first-order valence-corrected chi connectivity index (χ1v) is 11.6. The van der Waals surface area contributed by atoms with Gasteiger partial charge in [-0.05, 0) is 45.9 Å². The number of hydrogen-bond acceptors (Lipinski definition) is 7. The molecule has 2 atom stereocenters. The van der Waals surface area contributed by atoms with Crippen LogP contribution in [0.4, 0.5) is 4.79 Å². The Hall–Kier alpha value is -5.36. The highest BCUT2D eigenvalue weighted by atomic mass is 16.2. The molecule has 186 valence electrons. The Kier molecular flexibility index (Phi) is 4.59. The molecule has 0 spiro atoms. The highest BCUT2D eigenvalue weighted by molar-refractivity contribution is 6.13. The van der Waals surface area contributed by atoms with Gasteiger partial charge in [-0.1, -0.05) is 56.0 Å². The van der Waals surface area contributed by atoms with E-state index in [1.165, 1.54) is 47.6 Å². The molecule has 1 aliphatic heterocycles. The van der Waals surface area contributed by atoms with Gasteiger partial charge in [0.15, 0.2) is 0 Å². The molecule has 4 aliphatic carbocycles. The van der Waals surface area contributed by atoms with E-state index >= 15 is 0 Å². The fourth-order valence-electron chi connectivity index (χ4n) is 5.62. The van der Waals surface area contributed by atoms with Gasteiger partial charge in [0.1, 0.15) is 24.9 Å². The molecule has 0 radical (unpaired) electrons. The Morgan fingerprint density at radius 3 is 2.34 bits per heavy atom. The number of rotatable bonds is 2. The van der Waals surface area contributed by atoms with Crippen LogP contribution >= 0.6 is 0 Å². The van der Waals surface area contributed by atoms with Crippen molar-refractivity contribution in [3.63, 3.8) is 0 Å². The van der Waals surface area contributed by atoms with E-state index in [2.05, 4.69) is 32.9 Å². The monoisotopic (exact) mass is 504 g/mol. The van der Waals surface area contributed by atoms with Crippen LogP contribution in [0.2, 0.25) is 0 Å². The minimum Gasteiger partial charge on any atom is -0.369 e. The third kappa shape index (κ3) is 2.66. The molecule has 0 saturated carbocycles. The lowest BCUT2D eigenvalue weighted by Crippen LogP contribution is -2.55. The summed E-state index contributed by atoms with van der Waals surface area (Å²) >= 11 is 0. The Labute approximate surface area is 217 Å². The molecule has 6 rings (SSSR count). The number of carbonyl (C=O) groups is 1. The van der Waals surface area contributed by atoms with E-state index in [1.54, 1.807) is 30.4 Å². The number of aryl methyl sites for hydroxylation is 2. The van der Waals surface area contributed by atoms with Crippen LogP contribution in [-0.4, -0.2) is 50.9 Å². The van der Waals surface area contributed by atoms with Gasteiger partial charge in [0.2, 0.25) is 5.82 Å². The molecule has 0 fully saturated rings. The Morgan fingerprint density at radius 1 is 0.947 bits per heavy atom. The van der Waals surface area contributed by atoms with Crippen molar-refractivity contribution < 1.29 is 9.48 Å². The van der Waals surface area contributed by atoms with Crippen molar-refractivity contribution in [3.05, 3.63) is 98.2 Å². The van der Waals surface area contributed by atoms with Crippen LogP contribution in [-0.2, 0) is 14.1 Å². The number of amides is 2. The standard InChI is InChI=1S/C26H20N10O2/c1-33-23(37)34(2)30-21(29-33)15-11-17-6-5-16-7-9-19(22-31-35(3)24(38)36(4)32-22)20-10-8-18(12-15)25(17,13-27)26(16,20)14-28/h5-12H,1-4H3. The number of hydrazone groups is 1. The van der Waals surface area contributed by atoms with Crippen molar-refractivity contribution in [2.24, 2.45) is 30.0 Å². The highest BCUT2D eigenvalue weighted by Crippen LogP contribution is 2.66. The summed E-state index contributed by atoms with van der Waals surface area (Å²) in [6.45, 7) is 0. The van der Waals surface area contributed by atoms with Gasteiger partial charge >= 0.3 is 11.7 Å². The summed E-state index contributed by atoms with van der Waals surface area (Å²) < 4.78 is 2.36. The average molecular weight is 505 g/mol. The van der Waals surface area contributed by atoms with E-state index in [9.17, 15) is 20.1 Å². The SMILES string of the molecule is CN1N=C(C2=CC3=CC=C4C(c5nn(C)c(=O)[n+](C)n5)=CC=C5C=CC(=C2)C3(C#N)C54C#N)[N-]N(C)C1=O. The molecule has 1 aromatic heterocycles. The second kappa shape index (κ2) is 7.57. The Bertz CT molecular complexity index is 1740. The van der Waals surface area contributed by atoms with Crippen molar-refractivity contribution in [1.82, 2.24) is 24.9 Å². The van der Waals surface area contributed by atoms with Gasteiger partial charge in [-0.3, -0.25) is 0 Å². The third-order valence-corrected chi connectivity index (χ3v) is 7.40. The van der Waals surface area contributed by atoms with E-state index in [-0.39, 0.29) is 11.9 Å². The van der Waals surface area contributed by atoms with Gasteiger partial charge < -0.3 is 20.5 Å². The minimum atomic E-state index is -1.40. The zero-order valence-corrected chi connectivity index (χ0v) is 20.9. The second-order valence-corrected chi connectivity index (χ2v) is 9.37. The maximum Gasteiger partial charge on any atom is 0.539 e. The first kappa shape index (κ1) is 23.1. The summed E-state index contributed by atoms with van der Waals surface area (Å²) in [6.07, 6.45) is 14.5. The summed E-state index contributed by atoms with van der Waals surface area (Å²) in [5.41, 5.74) is 4.70. The smallest absolute Gasteiger partial charge is 0.369 e. The summed E-state index contributed by atoms with van der Waals surface area (Å²) in [6, 6.07) is 4.60. The van der Waals surface area contributed by atoms with Crippen LogP contribution in [0, 0.1) is 33.5 Å². The first-order valence-electron chi connectivity index (χ1n) is 11.6. The van der Waals surface area contributed by atoms with Crippen LogP contribution in [0.25, 0.3) is 11.0 Å². The van der Waals surface area contributed by atoms with Gasteiger partial charge in [-0.25, -0.2) is 4.79 Å². The molecule has 0 N–H and O–H groups in total. The van der Waals surface area contributed by atoms with Crippen molar-refractivity contribution in [3.8, 4) is 12.1 Å². The van der Waals surface area contributed by atoms with Gasteiger partial charge in [0.25, 0.3) is 0 Å². The maximum absolute atomic E-state index is 12.2. The summed E-state index contributed by atoms with van der Waals surface area (Å²) in [4.78, 5) is 24.3. The van der Waals surface area contributed by atoms with Gasteiger partial charge in [0, 0.05) is 19.7 Å². The lowest BCUT2D eigenvalue weighted by atomic mass is 9.45. The molecule has 0 aromatic carbocycles. The van der Waals surface area contributed by atoms with Crippen LogP contribution in [0.3, 0.4) is 0 Å². The molecule has 0 bridgehead atoms. The zero-order valence-electron chi connectivity index (χ0n) is 20.9. The topological polar surface area (TPSA) is 149 Å². The normalized spacial score (nSPS) is 26.8. The third-order valence-electron chi connectivity index (χ3n) is 7.40. The van der Waals surface area contributed by atoms with Gasteiger partial charge in [-0.15, -0.1) is 0 Å². The van der Waals surface area contributed by atoms with E-state index < -0.39 is 16.5 Å². The first-order chi connectivity index (χ1) is 18.2. The predicted molar refractivity (Wildman–Crippen MR) is 134 cm³/mol. The molecule has 1 aromatic rings. The maximum atomic E-state index is 12.2. The highest BCUT2D eigenvalue weighted by Gasteiger charge is 2.64. The van der Waals surface area contributed by atoms with Crippen molar-refractivity contribution in [1.29, 1.82) is 10.5 Å². The number of amidine groups is 1. The van der Waals surface area contributed by atoms with E-state index in [0.717, 1.165) is 0 Å². The molecular weight excluding hydrogens is 484 g/mol. The van der Waals surface area contributed by atoms with Crippen molar-refractivity contribution in [2.45, 2.75) is 0 Å². The molecule has 12 heteroatoms. The fourth-order valence-corrected chi connectivity index (χ4v) is 5.62. The van der Waals surface area contributed by atoms with Gasteiger partial charge in [-0.2, -0.15) is 15.3 Å². The number of urea groups is 1. The number of allylic oxidation sites excluding steroid dienone is 12. The molecule has 2 amide bonds. The molecule has 5 aliphatic rings. The lowest BCUT2D eigenvalue weighted by Gasteiger charge is -2.52. The van der Waals surface area contributed by atoms with E-state index in [1.807, 2.05) is 18.2 Å². The van der Waals surface area contributed by atoms with Crippen LogP contribution in [0.5, 0.6) is 0 Å². The number of nitriles is 2. The summed E-state index contributed by atoms with van der Waals surface area (Å²) in [7, 11) is 6.14. The zero-order chi connectivity index (χ0) is 27.0.